The Kier molecular flexibility index (Phi) is 3.60. The first-order valence-corrected chi connectivity index (χ1v) is 4.86. The summed E-state index contributed by atoms with van der Waals surface area (Å²) in [7, 11) is 0. The molecule has 0 aliphatic rings. The maximum atomic E-state index is 10.9. The molecular formula is C11H13NO4. The summed E-state index contributed by atoms with van der Waals surface area (Å²) in [6, 6.07) is 2.95. The molecule has 0 aliphatic carbocycles. The lowest BCUT2D eigenvalue weighted by Crippen LogP contribution is -2.20. The van der Waals surface area contributed by atoms with E-state index in [2.05, 4.69) is 4.98 Å². The first-order chi connectivity index (χ1) is 7.45. The van der Waals surface area contributed by atoms with Crippen LogP contribution >= 0.6 is 0 Å². The first kappa shape index (κ1) is 12.2. The Hall–Kier alpha value is -1.91. The van der Waals surface area contributed by atoms with Crippen molar-refractivity contribution in [2.45, 2.75) is 19.8 Å². The van der Waals surface area contributed by atoms with E-state index in [9.17, 15) is 9.59 Å². The molecule has 5 heteroatoms. The number of aliphatic carboxylic acids is 1. The van der Waals surface area contributed by atoms with E-state index in [1.165, 1.54) is 25.3 Å². The molecule has 0 aromatic carbocycles. The molecule has 0 unspecified atom stereocenters. The number of carboxylic acids is 2. The third-order valence-corrected chi connectivity index (χ3v) is 2.64. The van der Waals surface area contributed by atoms with Gasteiger partial charge in [-0.05, 0) is 12.1 Å². The number of aromatic carboxylic acids is 1. The zero-order valence-corrected chi connectivity index (χ0v) is 9.04. The quantitative estimate of drug-likeness (QED) is 0.809. The summed E-state index contributed by atoms with van der Waals surface area (Å²) < 4.78 is 0. The van der Waals surface area contributed by atoms with Gasteiger partial charge in [-0.15, -0.1) is 0 Å². The molecule has 0 fully saturated rings. The molecule has 0 amide bonds. The maximum Gasteiger partial charge on any atom is 0.337 e. The van der Waals surface area contributed by atoms with Crippen molar-refractivity contribution >= 4 is 11.9 Å². The molecule has 0 bridgehead atoms. The van der Waals surface area contributed by atoms with Gasteiger partial charge >= 0.3 is 11.9 Å². The lowest BCUT2D eigenvalue weighted by Gasteiger charge is -2.16. The minimum absolute atomic E-state index is 0.0584. The van der Waals surface area contributed by atoms with Crippen LogP contribution in [0.2, 0.25) is 0 Å². The van der Waals surface area contributed by atoms with Gasteiger partial charge in [-0.1, -0.05) is 13.8 Å². The van der Waals surface area contributed by atoms with Gasteiger partial charge in [0.1, 0.15) is 0 Å². The summed E-state index contributed by atoms with van der Waals surface area (Å²) in [6.07, 6.45) is 1.47. The van der Waals surface area contributed by atoms with E-state index in [-0.39, 0.29) is 5.56 Å². The minimum atomic E-state index is -1.09. The van der Waals surface area contributed by atoms with Gasteiger partial charge in [-0.25, -0.2) is 4.79 Å². The van der Waals surface area contributed by atoms with Gasteiger partial charge < -0.3 is 10.2 Å². The van der Waals surface area contributed by atoms with Crippen LogP contribution in [0, 0.1) is 5.92 Å². The summed E-state index contributed by atoms with van der Waals surface area (Å²) in [4.78, 5) is 25.7. The lowest BCUT2D eigenvalue weighted by molar-refractivity contribution is -0.141. The molecule has 1 aromatic heterocycles. The zero-order chi connectivity index (χ0) is 12.3. The van der Waals surface area contributed by atoms with Gasteiger partial charge in [-0.2, -0.15) is 0 Å². The summed E-state index contributed by atoms with van der Waals surface area (Å²) in [5, 5.41) is 17.8. The standard InChI is InChI=1S/C11H13NO4/c1-6(7(2)10(13)14)9-8(11(15)16)4-3-5-12-9/h3-7H,1-2H3,(H,13,14)(H,15,16)/t6-,7-/m0/s1. The number of hydrogen-bond donors (Lipinski definition) is 2. The van der Waals surface area contributed by atoms with E-state index in [1.807, 2.05) is 0 Å². The third-order valence-electron chi connectivity index (χ3n) is 2.64. The number of hydrogen-bond acceptors (Lipinski definition) is 3. The smallest absolute Gasteiger partial charge is 0.337 e. The van der Waals surface area contributed by atoms with Gasteiger partial charge in [0.15, 0.2) is 0 Å². The van der Waals surface area contributed by atoms with Crippen molar-refractivity contribution in [2.24, 2.45) is 5.92 Å². The normalized spacial score (nSPS) is 14.1. The van der Waals surface area contributed by atoms with Crippen molar-refractivity contribution < 1.29 is 19.8 Å². The Morgan fingerprint density at radius 3 is 2.44 bits per heavy atom. The fourth-order valence-electron chi connectivity index (χ4n) is 1.41. The zero-order valence-electron chi connectivity index (χ0n) is 9.04. The Labute approximate surface area is 92.8 Å². The van der Waals surface area contributed by atoms with Gasteiger partial charge in [0.2, 0.25) is 0 Å². The van der Waals surface area contributed by atoms with E-state index in [4.69, 9.17) is 10.2 Å². The van der Waals surface area contributed by atoms with Crippen LogP contribution in [0.15, 0.2) is 18.3 Å². The predicted octanol–water partition coefficient (Wildman–Crippen LogP) is 1.60. The van der Waals surface area contributed by atoms with E-state index in [0.29, 0.717) is 5.69 Å². The highest BCUT2D eigenvalue weighted by molar-refractivity contribution is 5.89. The highest BCUT2D eigenvalue weighted by Gasteiger charge is 2.25. The summed E-state index contributed by atoms with van der Waals surface area (Å²) in [5.41, 5.74) is 0.369. The number of rotatable bonds is 4. The molecule has 0 aliphatic heterocycles. The van der Waals surface area contributed by atoms with E-state index in [1.54, 1.807) is 6.92 Å². The van der Waals surface area contributed by atoms with Crippen molar-refractivity contribution in [3.63, 3.8) is 0 Å². The molecule has 2 N–H and O–H groups in total. The molecule has 1 aromatic rings. The summed E-state index contributed by atoms with van der Waals surface area (Å²) in [6.45, 7) is 3.20. The Morgan fingerprint density at radius 1 is 1.31 bits per heavy atom. The molecule has 0 spiro atoms. The van der Waals surface area contributed by atoms with Crippen LogP contribution in [-0.2, 0) is 4.79 Å². The number of nitrogens with zero attached hydrogens (tertiary/aromatic N) is 1. The minimum Gasteiger partial charge on any atom is -0.481 e. The van der Waals surface area contributed by atoms with Crippen LogP contribution in [0.25, 0.3) is 0 Å². The van der Waals surface area contributed by atoms with Crippen LogP contribution in [0.3, 0.4) is 0 Å². The summed E-state index contributed by atoms with van der Waals surface area (Å²) in [5.74, 6) is -3.17. The van der Waals surface area contributed by atoms with Crippen molar-refractivity contribution in [2.75, 3.05) is 0 Å². The van der Waals surface area contributed by atoms with Gasteiger partial charge in [-0.3, -0.25) is 9.78 Å². The number of carbonyl (C=O) groups is 2. The average molecular weight is 223 g/mol. The molecule has 0 saturated carbocycles. The first-order valence-electron chi connectivity index (χ1n) is 4.86. The largest absolute Gasteiger partial charge is 0.481 e. The van der Waals surface area contributed by atoms with Gasteiger partial charge in [0.05, 0.1) is 17.2 Å². The van der Waals surface area contributed by atoms with Crippen LogP contribution in [-0.4, -0.2) is 27.1 Å². The molecule has 1 heterocycles. The Morgan fingerprint density at radius 2 is 1.94 bits per heavy atom. The second kappa shape index (κ2) is 4.74. The third kappa shape index (κ3) is 2.36. The highest BCUT2D eigenvalue weighted by atomic mass is 16.4. The second-order valence-electron chi connectivity index (χ2n) is 3.66. The molecule has 86 valence electrons. The predicted molar refractivity (Wildman–Crippen MR) is 56.4 cm³/mol. The molecule has 2 atom stereocenters. The number of aromatic nitrogens is 1. The highest BCUT2D eigenvalue weighted by Crippen LogP contribution is 2.25. The van der Waals surface area contributed by atoms with E-state index in [0.717, 1.165) is 0 Å². The Balaban J connectivity index is 3.12. The fourth-order valence-corrected chi connectivity index (χ4v) is 1.41. The van der Waals surface area contributed by atoms with Crippen molar-refractivity contribution in [3.8, 4) is 0 Å². The van der Waals surface area contributed by atoms with E-state index < -0.39 is 23.8 Å². The summed E-state index contributed by atoms with van der Waals surface area (Å²) >= 11 is 0. The molecular weight excluding hydrogens is 210 g/mol. The molecule has 16 heavy (non-hydrogen) atoms. The fraction of sp³-hybridized carbons (Fsp3) is 0.364. The van der Waals surface area contributed by atoms with Crippen LogP contribution in [0.4, 0.5) is 0 Å². The number of carboxylic acid groups (broad SMARTS) is 2. The SMILES string of the molecule is C[C@H](C(=O)O)[C@H](C)c1ncccc1C(=O)O. The van der Waals surface area contributed by atoms with Crippen molar-refractivity contribution in [3.05, 3.63) is 29.6 Å². The van der Waals surface area contributed by atoms with Gasteiger partial charge in [0.25, 0.3) is 0 Å². The Bertz CT molecular complexity index is 416. The van der Waals surface area contributed by atoms with Crippen molar-refractivity contribution in [1.82, 2.24) is 4.98 Å². The molecule has 0 saturated heterocycles. The van der Waals surface area contributed by atoms with Crippen LogP contribution < -0.4 is 0 Å². The maximum absolute atomic E-state index is 10.9. The second-order valence-corrected chi connectivity index (χ2v) is 3.66. The van der Waals surface area contributed by atoms with E-state index >= 15 is 0 Å². The average Bonchev–Trinajstić information content (AvgIpc) is 2.26. The molecule has 0 radical (unpaired) electrons. The number of pyridine rings is 1. The topological polar surface area (TPSA) is 87.5 Å². The van der Waals surface area contributed by atoms with Crippen molar-refractivity contribution in [1.29, 1.82) is 0 Å². The monoisotopic (exact) mass is 223 g/mol. The van der Waals surface area contributed by atoms with Crippen LogP contribution in [0.5, 0.6) is 0 Å². The molecule has 5 nitrogen and oxygen atoms in total. The van der Waals surface area contributed by atoms with Crippen LogP contribution in [0.1, 0.15) is 35.8 Å². The molecule has 1 rings (SSSR count). The van der Waals surface area contributed by atoms with Gasteiger partial charge in [0, 0.05) is 12.1 Å². The lowest BCUT2D eigenvalue weighted by atomic mass is 9.90.